The van der Waals surface area contributed by atoms with Gasteiger partial charge >= 0.3 is 29.6 Å². The average Bonchev–Trinajstić information content (AvgIpc) is 2.79. The fraction of sp³-hybridized carbons (Fsp3) is 0.625. The third-order valence-electron chi connectivity index (χ3n) is 1.59. The molecular formula is C8H23B4F4N2O8+. The van der Waals surface area contributed by atoms with E-state index in [9.17, 15) is 17.3 Å². The van der Waals surface area contributed by atoms with E-state index in [2.05, 4.69) is 34.8 Å². The van der Waals surface area contributed by atoms with Gasteiger partial charge in [0.15, 0.2) is 0 Å². The maximum Gasteiger partial charge on any atom is 0.674 e. The number of hydrogen-bond acceptors (Lipinski definition) is 8. The van der Waals surface area contributed by atoms with Crippen molar-refractivity contribution in [2.45, 2.75) is 26.3 Å². The van der Waals surface area contributed by atoms with Crippen LogP contribution in [0.25, 0.3) is 0 Å². The predicted octanol–water partition coefficient (Wildman–Crippen LogP) is -3.19. The van der Waals surface area contributed by atoms with Crippen LogP contribution in [0.15, 0.2) is 18.7 Å². The highest BCUT2D eigenvalue weighted by molar-refractivity contribution is 6.32. The molecule has 0 amide bonds. The molecule has 1 rings (SSSR count). The van der Waals surface area contributed by atoms with Crippen LogP contribution in [0.5, 0.6) is 0 Å². The van der Waals surface area contributed by atoms with Crippen LogP contribution < -0.4 is 4.57 Å². The van der Waals surface area contributed by atoms with Gasteiger partial charge in [0.05, 0.1) is 13.6 Å². The summed E-state index contributed by atoms with van der Waals surface area (Å²) < 4.78 is 44.7. The maximum atomic E-state index is 10.1. The van der Waals surface area contributed by atoms with Crippen molar-refractivity contribution >= 4 is 29.6 Å². The fourth-order valence-electron chi connectivity index (χ4n) is 0.975. The van der Waals surface area contributed by atoms with Crippen LogP contribution in [0.3, 0.4) is 0 Å². The number of rotatable bonds is 3. The number of aryl methyl sites for hydroxylation is 2. The molecule has 152 valence electrons. The normalized spacial score (nSPS) is 8.08. The van der Waals surface area contributed by atoms with Crippen LogP contribution in [-0.4, -0.2) is 74.3 Å². The molecule has 0 atom stereocenters. The SMILES string of the molecule is CCCCn1cc[n+](C)c1.OB(O)F.OB(O)F.OB(O)F.OB(O)F. The monoisotopic (exact) mass is 395 g/mol. The second-order valence-corrected chi connectivity index (χ2v) is 3.91. The molecule has 0 unspecified atom stereocenters. The Balaban J connectivity index is -0.000000129. The lowest BCUT2D eigenvalue weighted by molar-refractivity contribution is -0.671. The van der Waals surface area contributed by atoms with Crippen molar-refractivity contribution in [3.05, 3.63) is 18.7 Å². The Kier molecular flexibility index (Phi) is 29.9. The van der Waals surface area contributed by atoms with Crippen LogP contribution in [0.4, 0.5) is 17.3 Å². The Hall–Kier alpha value is -1.13. The number of halogens is 4. The standard InChI is InChI=1S/C8H15N2.4BFH2O2/c1-3-4-5-10-7-6-9(2)8-10;4*2-1(3)4/h6-8H,3-5H2,1-2H3;4*3-4H/q+1;;;;. The predicted molar refractivity (Wildman–Crippen MR) is 85.7 cm³/mol. The van der Waals surface area contributed by atoms with Gasteiger partial charge in [-0.15, -0.1) is 0 Å². The molecule has 26 heavy (non-hydrogen) atoms. The Bertz CT molecular complexity index is 347. The van der Waals surface area contributed by atoms with E-state index in [1.807, 2.05) is 7.05 Å². The summed E-state index contributed by atoms with van der Waals surface area (Å²) in [5.41, 5.74) is 0. The van der Waals surface area contributed by atoms with Crippen LogP contribution in [-0.2, 0) is 13.6 Å². The Morgan fingerprint density at radius 1 is 0.808 bits per heavy atom. The first kappa shape index (κ1) is 32.5. The van der Waals surface area contributed by atoms with Gasteiger partial charge in [-0.05, 0) is 6.42 Å². The number of imidazole rings is 1. The van der Waals surface area contributed by atoms with E-state index in [0.717, 1.165) is 6.54 Å². The third-order valence-corrected chi connectivity index (χ3v) is 1.59. The third kappa shape index (κ3) is 77.6. The van der Waals surface area contributed by atoms with E-state index >= 15 is 0 Å². The minimum Gasteiger partial charge on any atom is -0.398 e. The van der Waals surface area contributed by atoms with E-state index < -0.39 is 29.6 Å². The smallest absolute Gasteiger partial charge is 0.398 e. The lowest BCUT2D eigenvalue weighted by Crippen LogP contribution is -2.23. The van der Waals surface area contributed by atoms with Crippen molar-refractivity contribution in [2.75, 3.05) is 0 Å². The van der Waals surface area contributed by atoms with Crippen molar-refractivity contribution in [3.63, 3.8) is 0 Å². The minimum atomic E-state index is -2.67. The van der Waals surface area contributed by atoms with Crippen LogP contribution in [0, 0.1) is 0 Å². The number of nitrogens with zero attached hydrogens (tertiary/aromatic N) is 2. The van der Waals surface area contributed by atoms with Crippen LogP contribution in [0.1, 0.15) is 19.8 Å². The molecule has 0 saturated heterocycles. The Morgan fingerprint density at radius 2 is 1.12 bits per heavy atom. The summed E-state index contributed by atoms with van der Waals surface area (Å²) in [7, 11) is -8.62. The van der Waals surface area contributed by atoms with Gasteiger partial charge in [-0.1, -0.05) is 13.3 Å². The van der Waals surface area contributed by atoms with Gasteiger partial charge in [0.25, 0.3) is 0 Å². The highest BCUT2D eigenvalue weighted by Gasteiger charge is 1.98. The summed E-state index contributed by atoms with van der Waals surface area (Å²) in [6.45, 7) is 3.36. The lowest BCUT2D eigenvalue weighted by atomic mass is 10.3. The lowest BCUT2D eigenvalue weighted by Gasteiger charge is -1.90. The molecule has 0 aliphatic heterocycles. The van der Waals surface area contributed by atoms with E-state index in [1.54, 1.807) is 0 Å². The fourth-order valence-corrected chi connectivity index (χ4v) is 0.975. The first-order valence-corrected chi connectivity index (χ1v) is 6.78. The molecule has 8 N–H and O–H groups in total. The molecule has 1 heterocycles. The zero-order chi connectivity index (χ0) is 21.7. The quantitative estimate of drug-likeness (QED) is 0.151. The second kappa shape index (κ2) is 23.9. The molecule has 0 aliphatic rings. The Morgan fingerprint density at radius 3 is 1.31 bits per heavy atom. The zero-order valence-electron chi connectivity index (χ0n) is 14.1. The molecular weight excluding hydrogens is 371 g/mol. The first-order valence-electron chi connectivity index (χ1n) is 6.78. The molecule has 1 aromatic heterocycles. The number of unbranched alkanes of at least 4 members (excludes halogenated alkanes) is 1. The van der Waals surface area contributed by atoms with Crippen LogP contribution >= 0.6 is 0 Å². The summed E-state index contributed by atoms with van der Waals surface area (Å²) in [6.07, 6.45) is 8.82. The van der Waals surface area contributed by atoms with Gasteiger partial charge in [-0.3, -0.25) is 17.3 Å². The van der Waals surface area contributed by atoms with Gasteiger partial charge in [0.1, 0.15) is 12.4 Å². The van der Waals surface area contributed by atoms with Crippen molar-refractivity contribution in [1.29, 1.82) is 0 Å². The van der Waals surface area contributed by atoms with Gasteiger partial charge in [-0.25, -0.2) is 9.13 Å². The molecule has 0 bridgehead atoms. The zero-order valence-corrected chi connectivity index (χ0v) is 14.1. The topological polar surface area (TPSA) is 171 Å². The Labute approximate surface area is 149 Å². The summed E-state index contributed by atoms with van der Waals surface area (Å²) >= 11 is 0. The van der Waals surface area contributed by atoms with Gasteiger partial charge < -0.3 is 40.2 Å². The molecule has 0 fully saturated rings. The van der Waals surface area contributed by atoms with E-state index in [0.29, 0.717) is 0 Å². The van der Waals surface area contributed by atoms with Crippen molar-refractivity contribution in [3.8, 4) is 0 Å². The van der Waals surface area contributed by atoms with Gasteiger partial charge in [-0.2, -0.15) is 0 Å². The summed E-state index contributed by atoms with van der Waals surface area (Å²) in [4.78, 5) is 0. The van der Waals surface area contributed by atoms with E-state index in [-0.39, 0.29) is 0 Å². The summed E-state index contributed by atoms with van der Waals surface area (Å²) in [5, 5.41) is 55.6. The highest BCUT2D eigenvalue weighted by Crippen LogP contribution is 1.91. The molecule has 18 heteroatoms. The first-order chi connectivity index (χ1) is 11.8. The minimum absolute atomic E-state index is 1.15. The largest absolute Gasteiger partial charge is 0.674 e. The van der Waals surface area contributed by atoms with Crippen LogP contribution in [0.2, 0.25) is 0 Å². The van der Waals surface area contributed by atoms with E-state index in [4.69, 9.17) is 40.2 Å². The molecule has 10 nitrogen and oxygen atoms in total. The molecule has 0 radical (unpaired) electrons. The molecule has 0 aromatic carbocycles. The van der Waals surface area contributed by atoms with Gasteiger partial charge in [0.2, 0.25) is 6.33 Å². The summed E-state index contributed by atoms with van der Waals surface area (Å²) in [6, 6.07) is 0. The molecule has 0 saturated carbocycles. The number of aromatic nitrogens is 2. The second-order valence-electron chi connectivity index (χ2n) is 3.91. The molecule has 1 aromatic rings. The summed E-state index contributed by atoms with van der Waals surface area (Å²) in [5.74, 6) is 0. The van der Waals surface area contributed by atoms with E-state index in [1.165, 1.54) is 12.8 Å². The maximum absolute atomic E-state index is 10.1. The highest BCUT2D eigenvalue weighted by atomic mass is 19.1. The molecule has 0 aliphatic carbocycles. The molecule has 0 spiro atoms. The van der Waals surface area contributed by atoms with Gasteiger partial charge in [0, 0.05) is 0 Å². The van der Waals surface area contributed by atoms with Crippen molar-refractivity contribution < 1.29 is 62.0 Å². The number of hydrogen-bond donors (Lipinski definition) is 8. The van der Waals surface area contributed by atoms with Crippen molar-refractivity contribution in [1.82, 2.24) is 4.57 Å². The van der Waals surface area contributed by atoms with Crippen molar-refractivity contribution in [2.24, 2.45) is 7.05 Å². The average molecular weight is 395 g/mol.